The number of carbonyl (C=O) groups is 4. The van der Waals surface area contributed by atoms with E-state index in [9.17, 15) is 28.0 Å². The van der Waals surface area contributed by atoms with Crippen LogP contribution < -0.4 is 16.4 Å². The number of urea groups is 1. The minimum Gasteiger partial charge on any atom is -0.368 e. The van der Waals surface area contributed by atoms with E-state index in [4.69, 9.17) is 5.73 Å². The average Bonchev–Trinajstić information content (AvgIpc) is 2.72. The Hall–Kier alpha value is -3.04. The van der Waals surface area contributed by atoms with Crippen molar-refractivity contribution in [1.82, 2.24) is 15.5 Å². The summed E-state index contributed by atoms with van der Waals surface area (Å²) in [6.07, 6.45) is 0. The van der Waals surface area contributed by atoms with Gasteiger partial charge in [0.15, 0.2) is 0 Å². The van der Waals surface area contributed by atoms with Gasteiger partial charge in [0.2, 0.25) is 11.8 Å². The molecule has 5 amide bonds. The first-order valence-corrected chi connectivity index (χ1v) is 6.80. The lowest BCUT2D eigenvalue weighted by molar-refractivity contribution is -0.135. The van der Waals surface area contributed by atoms with E-state index in [0.29, 0.717) is 4.90 Å². The maximum absolute atomic E-state index is 13.9. The predicted octanol–water partition coefficient (Wildman–Crippen LogP) is -0.667. The van der Waals surface area contributed by atoms with Gasteiger partial charge < -0.3 is 16.4 Å². The number of hydrogen-bond acceptors (Lipinski definition) is 4. The molecule has 24 heavy (non-hydrogen) atoms. The Morgan fingerprint density at radius 2 is 2.00 bits per heavy atom. The first-order valence-electron chi connectivity index (χ1n) is 6.80. The van der Waals surface area contributed by atoms with Crippen molar-refractivity contribution in [3.63, 3.8) is 0 Å². The van der Waals surface area contributed by atoms with Crippen LogP contribution in [0.15, 0.2) is 18.2 Å². The summed E-state index contributed by atoms with van der Waals surface area (Å²) in [5.41, 5.74) is 2.65. The van der Waals surface area contributed by atoms with Crippen LogP contribution in [-0.4, -0.2) is 41.7 Å². The first-order chi connectivity index (χ1) is 11.1. The van der Waals surface area contributed by atoms with Crippen molar-refractivity contribution in [1.29, 1.82) is 0 Å². The SMILES string of the molecule is C[C@@]1(c2cc(F)ccc2F)NC(=O)N(CC(=O)NCC(N)=O)C1=O. The van der Waals surface area contributed by atoms with Crippen LogP contribution in [-0.2, 0) is 19.9 Å². The molecular weight excluding hydrogens is 326 g/mol. The fourth-order valence-electron chi connectivity index (χ4n) is 2.29. The van der Waals surface area contributed by atoms with E-state index in [1.165, 1.54) is 6.92 Å². The first kappa shape index (κ1) is 17.3. The second kappa shape index (κ2) is 6.22. The van der Waals surface area contributed by atoms with Crippen LogP contribution in [0.5, 0.6) is 0 Å². The molecule has 0 spiro atoms. The molecule has 1 saturated heterocycles. The number of primary amides is 1. The summed E-state index contributed by atoms with van der Waals surface area (Å²) in [6, 6.07) is 1.56. The second-order valence-corrected chi connectivity index (χ2v) is 5.31. The van der Waals surface area contributed by atoms with E-state index < -0.39 is 54.0 Å². The summed E-state index contributed by atoms with van der Waals surface area (Å²) < 4.78 is 27.3. The quantitative estimate of drug-likeness (QED) is 0.616. The monoisotopic (exact) mass is 340 g/mol. The van der Waals surface area contributed by atoms with Crippen molar-refractivity contribution in [2.24, 2.45) is 5.73 Å². The topological polar surface area (TPSA) is 122 Å². The summed E-state index contributed by atoms with van der Waals surface area (Å²) in [5.74, 6) is -4.19. The molecule has 0 saturated carbocycles. The third kappa shape index (κ3) is 3.16. The molecule has 1 fully saturated rings. The number of amides is 5. The normalized spacial score (nSPS) is 20.0. The zero-order valence-corrected chi connectivity index (χ0v) is 12.6. The lowest BCUT2D eigenvalue weighted by Crippen LogP contribution is -2.44. The molecule has 1 heterocycles. The minimum absolute atomic E-state index is 0.360. The van der Waals surface area contributed by atoms with Crippen molar-refractivity contribution >= 4 is 23.8 Å². The standard InChI is InChI=1S/C14H14F2N4O4/c1-14(8-4-7(15)2-3-9(8)16)12(23)20(13(24)19-14)6-11(22)18-5-10(17)21/h2-4H,5-6H2,1H3,(H2,17,21)(H,18,22)(H,19,24)/t14-/m0/s1. The Morgan fingerprint density at radius 3 is 2.62 bits per heavy atom. The van der Waals surface area contributed by atoms with E-state index in [0.717, 1.165) is 18.2 Å². The van der Waals surface area contributed by atoms with E-state index in [-0.39, 0.29) is 5.56 Å². The maximum Gasteiger partial charge on any atom is 0.325 e. The molecule has 8 nitrogen and oxygen atoms in total. The highest BCUT2D eigenvalue weighted by Gasteiger charge is 2.50. The van der Waals surface area contributed by atoms with Gasteiger partial charge >= 0.3 is 6.03 Å². The molecule has 10 heteroatoms. The highest BCUT2D eigenvalue weighted by molar-refractivity contribution is 6.09. The van der Waals surface area contributed by atoms with Gasteiger partial charge in [0.1, 0.15) is 23.7 Å². The Balaban J connectivity index is 2.23. The summed E-state index contributed by atoms with van der Waals surface area (Å²) in [4.78, 5) is 47.2. The number of nitrogens with zero attached hydrogens (tertiary/aromatic N) is 1. The van der Waals surface area contributed by atoms with E-state index in [2.05, 4.69) is 10.6 Å². The average molecular weight is 340 g/mol. The second-order valence-electron chi connectivity index (χ2n) is 5.31. The third-order valence-corrected chi connectivity index (χ3v) is 3.50. The molecule has 2 rings (SSSR count). The van der Waals surface area contributed by atoms with Gasteiger partial charge in [-0.3, -0.25) is 19.3 Å². The van der Waals surface area contributed by atoms with Gasteiger partial charge in [0.05, 0.1) is 6.54 Å². The van der Waals surface area contributed by atoms with Gasteiger partial charge in [-0.05, 0) is 25.1 Å². The lowest BCUT2D eigenvalue weighted by atomic mass is 9.91. The Bertz CT molecular complexity index is 739. The molecule has 128 valence electrons. The molecule has 0 radical (unpaired) electrons. The predicted molar refractivity (Wildman–Crippen MR) is 76.2 cm³/mol. The van der Waals surface area contributed by atoms with Crippen molar-refractivity contribution in [3.05, 3.63) is 35.4 Å². The third-order valence-electron chi connectivity index (χ3n) is 3.50. The Kier molecular flexibility index (Phi) is 4.49. The summed E-state index contributed by atoms with van der Waals surface area (Å²) >= 11 is 0. The van der Waals surface area contributed by atoms with Crippen molar-refractivity contribution in [2.45, 2.75) is 12.5 Å². The lowest BCUT2D eigenvalue weighted by Gasteiger charge is -2.22. The highest BCUT2D eigenvalue weighted by Crippen LogP contribution is 2.31. The smallest absolute Gasteiger partial charge is 0.325 e. The van der Waals surface area contributed by atoms with Crippen LogP contribution in [0.25, 0.3) is 0 Å². The molecule has 0 bridgehead atoms. The van der Waals surface area contributed by atoms with E-state index >= 15 is 0 Å². The molecule has 1 atom stereocenters. The van der Waals surface area contributed by atoms with Crippen LogP contribution in [0.1, 0.15) is 12.5 Å². The molecule has 1 aromatic carbocycles. The number of imide groups is 1. The van der Waals surface area contributed by atoms with Gasteiger partial charge in [-0.1, -0.05) is 0 Å². The zero-order valence-electron chi connectivity index (χ0n) is 12.6. The molecule has 0 aromatic heterocycles. The summed E-state index contributed by atoms with van der Waals surface area (Å²) in [7, 11) is 0. The summed E-state index contributed by atoms with van der Waals surface area (Å²) in [5, 5.41) is 4.36. The molecule has 1 aromatic rings. The van der Waals surface area contributed by atoms with Crippen LogP contribution >= 0.6 is 0 Å². The number of benzene rings is 1. The fourth-order valence-corrected chi connectivity index (χ4v) is 2.29. The van der Waals surface area contributed by atoms with Gasteiger partial charge in [-0.15, -0.1) is 0 Å². The summed E-state index contributed by atoms with van der Waals surface area (Å²) in [6.45, 7) is 0.0507. The maximum atomic E-state index is 13.9. The fraction of sp³-hybridized carbons (Fsp3) is 0.286. The Labute approximate surface area is 135 Å². The number of carbonyl (C=O) groups excluding carboxylic acids is 4. The van der Waals surface area contributed by atoms with Crippen LogP contribution in [0, 0.1) is 11.6 Å². The number of nitrogens with two attached hydrogens (primary N) is 1. The minimum atomic E-state index is -1.85. The molecule has 1 aliphatic heterocycles. The molecule has 0 aliphatic carbocycles. The largest absolute Gasteiger partial charge is 0.368 e. The van der Waals surface area contributed by atoms with Crippen LogP contribution in [0.3, 0.4) is 0 Å². The molecule has 4 N–H and O–H groups in total. The number of rotatable bonds is 5. The molecular formula is C14H14F2N4O4. The van der Waals surface area contributed by atoms with Gasteiger partial charge in [-0.2, -0.15) is 0 Å². The van der Waals surface area contributed by atoms with E-state index in [1.807, 2.05) is 0 Å². The van der Waals surface area contributed by atoms with Crippen molar-refractivity contribution in [2.75, 3.05) is 13.1 Å². The van der Waals surface area contributed by atoms with Crippen LogP contribution in [0.4, 0.5) is 13.6 Å². The van der Waals surface area contributed by atoms with Gasteiger partial charge in [0.25, 0.3) is 5.91 Å². The van der Waals surface area contributed by atoms with Crippen molar-refractivity contribution < 1.29 is 28.0 Å². The van der Waals surface area contributed by atoms with E-state index in [1.54, 1.807) is 0 Å². The molecule has 1 aliphatic rings. The van der Waals surface area contributed by atoms with Crippen molar-refractivity contribution in [3.8, 4) is 0 Å². The highest BCUT2D eigenvalue weighted by atomic mass is 19.1. The van der Waals surface area contributed by atoms with Crippen LogP contribution in [0.2, 0.25) is 0 Å². The zero-order chi connectivity index (χ0) is 18.1. The number of nitrogens with one attached hydrogen (secondary N) is 2. The Morgan fingerprint density at radius 1 is 1.33 bits per heavy atom. The van der Waals surface area contributed by atoms with Gasteiger partial charge in [-0.25, -0.2) is 13.6 Å². The number of halogens is 2. The number of hydrogen-bond donors (Lipinski definition) is 3. The van der Waals surface area contributed by atoms with Gasteiger partial charge in [0, 0.05) is 5.56 Å². The molecule has 0 unspecified atom stereocenters.